The molecule has 0 unspecified atom stereocenters. The predicted octanol–water partition coefficient (Wildman–Crippen LogP) is 1.62. The second-order valence-corrected chi connectivity index (χ2v) is 7.14. The van der Waals surface area contributed by atoms with Crippen LogP contribution in [0.5, 0.6) is 5.75 Å². The molecule has 0 fully saturated rings. The van der Waals surface area contributed by atoms with E-state index in [2.05, 4.69) is 31.2 Å². The Morgan fingerprint density at radius 2 is 1.94 bits per heavy atom. The SMILES string of the molecule is CCNC(=O)c1ccc(-n2cc(C(=O)NCCNc3ccccn3)nn2)c(OCCOCCF)c1. The molecule has 2 heterocycles. The standard InChI is InChI=1S/C23H28FN7O4/c1-2-25-22(32)17-6-7-19(20(15-17)35-14-13-34-12-8-24)31-16-18(29-30-31)23(33)28-11-10-27-21-5-3-4-9-26-21/h3-7,9,15-16H,2,8,10-14H2,1H3,(H,25,32)(H,26,27)(H,28,33). The molecule has 0 aliphatic rings. The van der Waals surface area contributed by atoms with E-state index >= 15 is 0 Å². The van der Waals surface area contributed by atoms with Crippen LogP contribution in [0.1, 0.15) is 27.8 Å². The molecule has 11 nitrogen and oxygen atoms in total. The summed E-state index contributed by atoms with van der Waals surface area (Å²) in [7, 11) is 0. The van der Waals surface area contributed by atoms with Crippen molar-refractivity contribution < 1.29 is 23.5 Å². The maximum Gasteiger partial charge on any atom is 0.273 e. The number of benzene rings is 1. The number of pyridine rings is 1. The number of carbonyl (C=O) groups is 2. The highest BCUT2D eigenvalue weighted by atomic mass is 19.1. The molecule has 2 aromatic heterocycles. The number of amides is 2. The summed E-state index contributed by atoms with van der Waals surface area (Å²) in [6.07, 6.45) is 3.15. The van der Waals surface area contributed by atoms with E-state index in [1.165, 1.54) is 10.9 Å². The van der Waals surface area contributed by atoms with Crippen molar-refractivity contribution in [3.05, 3.63) is 60.0 Å². The van der Waals surface area contributed by atoms with Crippen molar-refractivity contribution in [2.45, 2.75) is 6.92 Å². The fraction of sp³-hybridized carbons (Fsp3) is 0.348. The summed E-state index contributed by atoms with van der Waals surface area (Å²) in [5.41, 5.74) is 0.994. The summed E-state index contributed by atoms with van der Waals surface area (Å²) in [5.74, 6) is 0.413. The maximum atomic E-state index is 12.5. The number of carbonyl (C=O) groups excluding carboxylic acids is 2. The number of aromatic nitrogens is 4. The third-order valence-electron chi connectivity index (χ3n) is 4.62. The van der Waals surface area contributed by atoms with Crippen LogP contribution in [0.4, 0.5) is 10.2 Å². The zero-order valence-electron chi connectivity index (χ0n) is 19.4. The number of nitrogens with one attached hydrogen (secondary N) is 3. The molecule has 0 saturated heterocycles. The van der Waals surface area contributed by atoms with Crippen molar-refractivity contribution >= 4 is 17.6 Å². The molecule has 0 radical (unpaired) electrons. The highest BCUT2D eigenvalue weighted by Gasteiger charge is 2.16. The van der Waals surface area contributed by atoms with Crippen LogP contribution < -0.4 is 20.7 Å². The van der Waals surface area contributed by atoms with Gasteiger partial charge in [0.05, 0.1) is 19.4 Å². The molecule has 3 aromatic rings. The van der Waals surface area contributed by atoms with E-state index in [-0.39, 0.29) is 37.3 Å². The lowest BCUT2D eigenvalue weighted by molar-refractivity contribution is 0.0894. The van der Waals surface area contributed by atoms with Gasteiger partial charge in [-0.15, -0.1) is 5.10 Å². The maximum absolute atomic E-state index is 12.5. The first-order valence-corrected chi connectivity index (χ1v) is 11.2. The van der Waals surface area contributed by atoms with Gasteiger partial charge in [-0.3, -0.25) is 9.59 Å². The van der Waals surface area contributed by atoms with Gasteiger partial charge >= 0.3 is 0 Å². The van der Waals surface area contributed by atoms with Gasteiger partial charge in [-0.25, -0.2) is 14.1 Å². The van der Waals surface area contributed by atoms with E-state index < -0.39 is 6.67 Å². The minimum absolute atomic E-state index is 0.0198. The minimum atomic E-state index is -0.582. The first kappa shape index (κ1) is 25.6. The van der Waals surface area contributed by atoms with Crippen LogP contribution in [-0.2, 0) is 4.74 Å². The van der Waals surface area contributed by atoms with Gasteiger partial charge in [0.25, 0.3) is 11.8 Å². The van der Waals surface area contributed by atoms with Gasteiger partial charge in [0, 0.05) is 31.4 Å². The monoisotopic (exact) mass is 485 g/mol. The molecule has 2 amide bonds. The summed E-state index contributed by atoms with van der Waals surface area (Å²) >= 11 is 0. The summed E-state index contributed by atoms with van der Waals surface area (Å²) in [5, 5.41) is 16.6. The number of nitrogens with zero attached hydrogens (tertiary/aromatic N) is 4. The number of anilines is 1. The van der Waals surface area contributed by atoms with Gasteiger partial charge in [-0.1, -0.05) is 11.3 Å². The van der Waals surface area contributed by atoms with Gasteiger partial charge in [0.15, 0.2) is 5.69 Å². The number of halogens is 1. The molecule has 0 aliphatic heterocycles. The number of alkyl halides is 1. The highest BCUT2D eigenvalue weighted by molar-refractivity contribution is 5.95. The molecule has 1 aromatic carbocycles. The molecule has 0 saturated carbocycles. The summed E-state index contributed by atoms with van der Waals surface area (Å²) in [6, 6.07) is 10.4. The Kier molecular flexibility index (Phi) is 9.93. The molecule has 186 valence electrons. The third-order valence-corrected chi connectivity index (χ3v) is 4.62. The van der Waals surface area contributed by atoms with Crippen LogP contribution >= 0.6 is 0 Å². The van der Waals surface area contributed by atoms with Crippen LogP contribution in [-0.4, -0.2) is 77.9 Å². The van der Waals surface area contributed by atoms with Gasteiger partial charge in [0.1, 0.15) is 30.5 Å². The van der Waals surface area contributed by atoms with Crippen molar-refractivity contribution in [1.82, 2.24) is 30.6 Å². The average molecular weight is 486 g/mol. The molecule has 0 spiro atoms. The van der Waals surface area contributed by atoms with E-state index in [0.717, 1.165) is 0 Å². The Hall–Kier alpha value is -4.06. The van der Waals surface area contributed by atoms with Crippen molar-refractivity contribution in [2.75, 3.05) is 51.4 Å². The van der Waals surface area contributed by atoms with Gasteiger partial charge in [0.2, 0.25) is 0 Å². The minimum Gasteiger partial charge on any atom is -0.489 e. The summed E-state index contributed by atoms with van der Waals surface area (Å²) < 4.78 is 24.5. The van der Waals surface area contributed by atoms with E-state index in [1.54, 1.807) is 24.4 Å². The zero-order valence-corrected chi connectivity index (χ0v) is 19.4. The Balaban J connectivity index is 1.65. The van der Waals surface area contributed by atoms with Gasteiger partial charge in [-0.2, -0.15) is 0 Å². The van der Waals surface area contributed by atoms with E-state index in [0.29, 0.717) is 42.5 Å². The zero-order chi connectivity index (χ0) is 24.9. The Labute approximate surface area is 202 Å². The van der Waals surface area contributed by atoms with Crippen LogP contribution in [0.15, 0.2) is 48.8 Å². The van der Waals surface area contributed by atoms with Crippen molar-refractivity contribution in [2.24, 2.45) is 0 Å². The molecule has 0 bridgehead atoms. The van der Waals surface area contributed by atoms with Crippen molar-refractivity contribution in [3.8, 4) is 11.4 Å². The molecule has 12 heteroatoms. The van der Waals surface area contributed by atoms with Crippen LogP contribution in [0, 0.1) is 0 Å². The molecular weight excluding hydrogens is 457 g/mol. The molecule has 0 aliphatic carbocycles. The fourth-order valence-corrected chi connectivity index (χ4v) is 3.00. The molecule has 0 atom stereocenters. The van der Waals surface area contributed by atoms with Crippen LogP contribution in [0.25, 0.3) is 5.69 Å². The average Bonchev–Trinajstić information content (AvgIpc) is 3.37. The third kappa shape index (κ3) is 7.74. The number of rotatable bonds is 14. The van der Waals surface area contributed by atoms with Gasteiger partial charge < -0.3 is 25.4 Å². The highest BCUT2D eigenvalue weighted by Crippen LogP contribution is 2.24. The van der Waals surface area contributed by atoms with Crippen LogP contribution in [0.2, 0.25) is 0 Å². The largest absolute Gasteiger partial charge is 0.489 e. The van der Waals surface area contributed by atoms with Crippen molar-refractivity contribution in [3.63, 3.8) is 0 Å². The lowest BCUT2D eigenvalue weighted by Gasteiger charge is -2.13. The summed E-state index contributed by atoms with van der Waals surface area (Å²) in [6.45, 7) is 2.85. The first-order chi connectivity index (χ1) is 17.1. The molecule has 35 heavy (non-hydrogen) atoms. The molecule has 3 rings (SSSR count). The second-order valence-electron chi connectivity index (χ2n) is 7.14. The molecule has 3 N–H and O–H groups in total. The van der Waals surface area contributed by atoms with Gasteiger partial charge in [-0.05, 0) is 37.3 Å². The first-order valence-electron chi connectivity index (χ1n) is 11.2. The van der Waals surface area contributed by atoms with E-state index in [4.69, 9.17) is 9.47 Å². The number of ether oxygens (including phenoxy) is 2. The predicted molar refractivity (Wildman–Crippen MR) is 127 cm³/mol. The quantitative estimate of drug-likeness (QED) is 0.294. The Morgan fingerprint density at radius 1 is 1.06 bits per heavy atom. The van der Waals surface area contributed by atoms with E-state index in [1.807, 2.05) is 25.1 Å². The second kappa shape index (κ2) is 13.6. The summed E-state index contributed by atoms with van der Waals surface area (Å²) in [4.78, 5) is 28.9. The lowest BCUT2D eigenvalue weighted by atomic mass is 10.1. The number of hydrogen-bond acceptors (Lipinski definition) is 8. The number of hydrogen-bond donors (Lipinski definition) is 3. The van der Waals surface area contributed by atoms with Crippen molar-refractivity contribution in [1.29, 1.82) is 0 Å². The fourth-order valence-electron chi connectivity index (χ4n) is 3.00. The lowest BCUT2D eigenvalue weighted by Crippen LogP contribution is -2.29. The molecular formula is C23H28FN7O4. The normalized spacial score (nSPS) is 10.6. The topological polar surface area (TPSA) is 132 Å². The Morgan fingerprint density at radius 3 is 2.71 bits per heavy atom. The Bertz CT molecular complexity index is 1090. The van der Waals surface area contributed by atoms with Crippen LogP contribution in [0.3, 0.4) is 0 Å². The van der Waals surface area contributed by atoms with E-state index in [9.17, 15) is 14.0 Å². The smallest absolute Gasteiger partial charge is 0.273 e.